The van der Waals surface area contributed by atoms with Gasteiger partial charge in [0, 0.05) is 18.9 Å². The molecule has 4 nitrogen and oxygen atoms in total. The van der Waals surface area contributed by atoms with Gasteiger partial charge in [0.25, 0.3) is 0 Å². The van der Waals surface area contributed by atoms with Gasteiger partial charge < -0.3 is 4.74 Å². The van der Waals surface area contributed by atoms with Crippen LogP contribution in [0, 0.1) is 11.3 Å². The van der Waals surface area contributed by atoms with Gasteiger partial charge in [0.1, 0.15) is 0 Å². The van der Waals surface area contributed by atoms with E-state index in [-0.39, 0.29) is 28.7 Å². The Morgan fingerprint density at radius 2 is 2.18 bits per heavy atom. The van der Waals surface area contributed by atoms with Crippen LogP contribution in [0.2, 0.25) is 0 Å². The van der Waals surface area contributed by atoms with Crippen molar-refractivity contribution in [3.63, 3.8) is 0 Å². The van der Waals surface area contributed by atoms with Gasteiger partial charge in [-0.15, -0.1) is 0 Å². The van der Waals surface area contributed by atoms with Crippen LogP contribution in [0.3, 0.4) is 0 Å². The highest BCUT2D eigenvalue weighted by molar-refractivity contribution is 5.99. The fourth-order valence-electron chi connectivity index (χ4n) is 3.17. The molecule has 17 heavy (non-hydrogen) atoms. The van der Waals surface area contributed by atoms with E-state index < -0.39 is 0 Å². The van der Waals surface area contributed by atoms with Crippen LogP contribution in [-0.2, 0) is 14.3 Å². The molecule has 0 aromatic rings. The Balaban J connectivity index is 2.27. The number of rotatable bonds is 1. The Morgan fingerprint density at radius 1 is 1.47 bits per heavy atom. The number of ether oxygens (including phenoxy) is 1. The first kappa shape index (κ1) is 12.6. The Labute approximate surface area is 102 Å². The van der Waals surface area contributed by atoms with Crippen molar-refractivity contribution >= 4 is 11.8 Å². The van der Waals surface area contributed by atoms with Gasteiger partial charge in [-0.2, -0.15) is 0 Å². The third-order valence-corrected chi connectivity index (χ3v) is 4.61. The van der Waals surface area contributed by atoms with Crippen LogP contribution in [0.4, 0.5) is 0 Å². The number of hydrogen-bond donors (Lipinski definition) is 1. The largest absolute Gasteiger partial charge is 0.375 e. The molecule has 4 heteroatoms. The van der Waals surface area contributed by atoms with E-state index in [4.69, 9.17) is 4.74 Å². The van der Waals surface area contributed by atoms with Crippen molar-refractivity contribution in [2.75, 3.05) is 6.61 Å². The van der Waals surface area contributed by atoms with E-state index in [9.17, 15) is 9.59 Å². The molecule has 0 bridgehead atoms. The quantitative estimate of drug-likeness (QED) is 0.708. The van der Waals surface area contributed by atoms with Crippen molar-refractivity contribution in [2.24, 2.45) is 11.3 Å². The lowest BCUT2D eigenvalue weighted by atomic mass is 9.62. The lowest BCUT2D eigenvalue weighted by Gasteiger charge is -2.50. The Bertz CT molecular complexity index is 355. The second kappa shape index (κ2) is 4.09. The van der Waals surface area contributed by atoms with Gasteiger partial charge >= 0.3 is 0 Å². The number of hydrogen-bond acceptors (Lipinski definition) is 3. The number of nitrogens with one attached hydrogen (secondary N) is 1. The first-order valence-electron chi connectivity index (χ1n) is 6.38. The van der Waals surface area contributed by atoms with Crippen LogP contribution < -0.4 is 5.32 Å². The highest BCUT2D eigenvalue weighted by Gasteiger charge is 2.51. The summed E-state index contributed by atoms with van der Waals surface area (Å²) in [6.07, 6.45) is 2.98. The molecule has 0 saturated carbocycles. The fraction of sp³-hybridized carbons (Fsp3) is 0.846. The van der Waals surface area contributed by atoms with Crippen molar-refractivity contribution in [3.05, 3.63) is 0 Å². The minimum Gasteiger partial charge on any atom is -0.375 e. The maximum absolute atomic E-state index is 11.8. The summed E-state index contributed by atoms with van der Waals surface area (Å²) in [5, 5.41) is 2.43. The highest BCUT2D eigenvalue weighted by Crippen LogP contribution is 2.49. The highest BCUT2D eigenvalue weighted by atomic mass is 16.5. The SMILES string of the molecule is CCC1(C)CC2(CCO1)CC(=O)NC(=O)C2C. The molecule has 1 N–H and O–H groups in total. The number of carbonyl (C=O) groups excluding carboxylic acids is 2. The van der Waals surface area contributed by atoms with Crippen LogP contribution in [0.1, 0.15) is 46.5 Å². The van der Waals surface area contributed by atoms with E-state index in [2.05, 4.69) is 19.2 Å². The molecule has 2 saturated heterocycles. The van der Waals surface area contributed by atoms with Crippen molar-refractivity contribution in [1.29, 1.82) is 0 Å². The molecule has 1 spiro atoms. The van der Waals surface area contributed by atoms with Crippen LogP contribution in [0.15, 0.2) is 0 Å². The molecular formula is C13H21NO3. The molecule has 0 aromatic carbocycles. The van der Waals surface area contributed by atoms with E-state index in [1.807, 2.05) is 6.92 Å². The topological polar surface area (TPSA) is 55.4 Å². The number of piperidine rings is 1. The lowest BCUT2D eigenvalue weighted by Crippen LogP contribution is -2.56. The molecular weight excluding hydrogens is 218 g/mol. The predicted octanol–water partition coefficient (Wildman–Crippen LogP) is 1.63. The summed E-state index contributed by atoms with van der Waals surface area (Å²) in [7, 11) is 0. The van der Waals surface area contributed by atoms with Crippen LogP contribution in [-0.4, -0.2) is 24.0 Å². The standard InChI is InChI=1S/C13H21NO3/c1-4-12(3)8-13(5-6-17-12)7-10(15)14-11(16)9(13)2/h9H,4-8H2,1-3H3,(H,14,15,16). The molecule has 2 fully saturated rings. The Kier molecular flexibility index (Phi) is 3.02. The number of amides is 2. The number of carbonyl (C=O) groups is 2. The second-order valence-electron chi connectivity index (χ2n) is 5.75. The van der Waals surface area contributed by atoms with Gasteiger partial charge in [0.05, 0.1) is 5.60 Å². The van der Waals surface area contributed by atoms with Crippen LogP contribution in [0.5, 0.6) is 0 Å². The lowest BCUT2D eigenvalue weighted by molar-refractivity contribution is -0.163. The van der Waals surface area contributed by atoms with E-state index >= 15 is 0 Å². The summed E-state index contributed by atoms with van der Waals surface area (Å²) < 4.78 is 5.82. The molecule has 0 radical (unpaired) electrons. The van der Waals surface area contributed by atoms with E-state index in [1.54, 1.807) is 0 Å². The summed E-state index contributed by atoms with van der Waals surface area (Å²) >= 11 is 0. The average molecular weight is 239 g/mol. The van der Waals surface area contributed by atoms with E-state index in [1.165, 1.54) is 0 Å². The second-order valence-corrected chi connectivity index (χ2v) is 5.75. The third-order valence-electron chi connectivity index (χ3n) is 4.61. The maximum atomic E-state index is 11.8. The van der Waals surface area contributed by atoms with Gasteiger partial charge in [-0.05, 0) is 31.6 Å². The first-order chi connectivity index (χ1) is 7.91. The molecule has 2 rings (SSSR count). The van der Waals surface area contributed by atoms with Gasteiger partial charge in [0.15, 0.2) is 0 Å². The van der Waals surface area contributed by atoms with E-state index in [0.717, 1.165) is 19.3 Å². The normalized spacial score (nSPS) is 42.6. The van der Waals surface area contributed by atoms with Gasteiger partial charge in [-0.3, -0.25) is 14.9 Å². The van der Waals surface area contributed by atoms with Crippen LogP contribution >= 0.6 is 0 Å². The molecule has 0 aromatic heterocycles. The smallest absolute Gasteiger partial charge is 0.229 e. The maximum Gasteiger partial charge on any atom is 0.229 e. The monoisotopic (exact) mass is 239 g/mol. The summed E-state index contributed by atoms with van der Waals surface area (Å²) in [5.41, 5.74) is -0.382. The number of imide groups is 1. The zero-order valence-electron chi connectivity index (χ0n) is 10.8. The fourth-order valence-corrected chi connectivity index (χ4v) is 3.17. The molecule has 96 valence electrons. The zero-order valence-corrected chi connectivity index (χ0v) is 10.8. The average Bonchev–Trinajstić information content (AvgIpc) is 2.26. The zero-order chi connectivity index (χ0) is 12.7. The third kappa shape index (κ3) is 2.10. The Morgan fingerprint density at radius 3 is 2.82 bits per heavy atom. The van der Waals surface area contributed by atoms with Gasteiger partial charge in [-0.1, -0.05) is 13.8 Å². The van der Waals surface area contributed by atoms with Crippen LogP contribution in [0.25, 0.3) is 0 Å². The van der Waals surface area contributed by atoms with E-state index in [0.29, 0.717) is 13.0 Å². The summed E-state index contributed by atoms with van der Waals surface area (Å²) in [4.78, 5) is 23.4. The van der Waals surface area contributed by atoms with Gasteiger partial charge in [0.2, 0.25) is 11.8 Å². The Hall–Kier alpha value is -0.900. The minimum atomic E-state index is -0.192. The minimum absolute atomic E-state index is 0.102. The van der Waals surface area contributed by atoms with Crippen molar-refractivity contribution in [1.82, 2.24) is 5.32 Å². The molecule has 3 atom stereocenters. The molecule has 2 heterocycles. The predicted molar refractivity (Wildman–Crippen MR) is 63.2 cm³/mol. The van der Waals surface area contributed by atoms with Crippen molar-refractivity contribution < 1.29 is 14.3 Å². The van der Waals surface area contributed by atoms with Crippen molar-refractivity contribution in [2.45, 2.75) is 52.1 Å². The molecule has 2 aliphatic heterocycles. The van der Waals surface area contributed by atoms with Gasteiger partial charge in [-0.25, -0.2) is 0 Å². The molecule has 0 aliphatic carbocycles. The molecule has 2 aliphatic rings. The summed E-state index contributed by atoms with van der Waals surface area (Å²) in [6, 6.07) is 0. The first-order valence-corrected chi connectivity index (χ1v) is 6.38. The molecule has 3 unspecified atom stereocenters. The summed E-state index contributed by atoms with van der Waals surface area (Å²) in [5.74, 6) is -0.356. The molecule has 2 amide bonds. The van der Waals surface area contributed by atoms with Crippen molar-refractivity contribution in [3.8, 4) is 0 Å². The summed E-state index contributed by atoms with van der Waals surface area (Å²) in [6.45, 7) is 6.75.